The molecule has 0 aromatic heterocycles. The van der Waals surface area contributed by atoms with E-state index in [-0.39, 0.29) is 37.3 Å². The lowest BCUT2D eigenvalue weighted by molar-refractivity contribution is -0.119. The molecule has 17 heavy (non-hydrogen) atoms. The van der Waals surface area contributed by atoms with Crippen molar-refractivity contribution in [1.29, 1.82) is 0 Å². The van der Waals surface area contributed by atoms with E-state index in [0.29, 0.717) is 0 Å². The molecule has 1 rings (SSSR count). The van der Waals surface area contributed by atoms with Crippen LogP contribution in [-0.4, -0.2) is 43.5 Å². The number of carbonyl (C=O) groups is 1. The molecule has 3 N–H and O–H groups in total. The molecular formula is C11H25Cl2N3O. The van der Waals surface area contributed by atoms with Gasteiger partial charge in [0.1, 0.15) is 0 Å². The fraction of sp³-hybridized carbons (Fsp3) is 0.909. The Balaban J connectivity index is 0. The summed E-state index contributed by atoms with van der Waals surface area (Å²) in [6.07, 6.45) is 3.64. The van der Waals surface area contributed by atoms with Crippen LogP contribution in [0.3, 0.4) is 0 Å². The molecule has 104 valence electrons. The van der Waals surface area contributed by atoms with Gasteiger partial charge in [-0.05, 0) is 44.8 Å². The number of likely N-dealkylation sites (tertiary alicyclic amines) is 1. The van der Waals surface area contributed by atoms with Crippen molar-refractivity contribution < 1.29 is 4.79 Å². The predicted octanol–water partition coefficient (Wildman–Crippen LogP) is 1.03. The maximum absolute atomic E-state index is 10.9. The van der Waals surface area contributed by atoms with Crippen LogP contribution < -0.4 is 11.1 Å². The largest absolute Gasteiger partial charge is 0.355 e. The summed E-state index contributed by atoms with van der Waals surface area (Å²) in [4.78, 5) is 13.4. The summed E-state index contributed by atoms with van der Waals surface area (Å²) in [6.45, 7) is 6.69. The lowest BCUT2D eigenvalue weighted by Crippen LogP contribution is -2.36. The van der Waals surface area contributed by atoms with Gasteiger partial charge in [-0.15, -0.1) is 24.8 Å². The number of nitrogens with two attached hydrogens (primary N) is 1. The Morgan fingerprint density at radius 3 is 2.41 bits per heavy atom. The summed E-state index contributed by atoms with van der Waals surface area (Å²) < 4.78 is 0. The van der Waals surface area contributed by atoms with Crippen LogP contribution in [0.5, 0.6) is 0 Å². The van der Waals surface area contributed by atoms with Crippen molar-refractivity contribution in [2.75, 3.05) is 32.7 Å². The minimum atomic E-state index is -0.0407. The summed E-state index contributed by atoms with van der Waals surface area (Å²) in [7, 11) is 0. The lowest BCUT2D eigenvalue weighted by Gasteiger charge is -2.30. The molecule has 1 fully saturated rings. The second-order valence-electron chi connectivity index (χ2n) is 4.22. The third kappa shape index (κ3) is 7.82. The highest BCUT2D eigenvalue weighted by Crippen LogP contribution is 2.19. The van der Waals surface area contributed by atoms with E-state index >= 15 is 0 Å². The third-order valence-corrected chi connectivity index (χ3v) is 3.21. The van der Waals surface area contributed by atoms with E-state index in [9.17, 15) is 4.79 Å². The van der Waals surface area contributed by atoms with Crippen molar-refractivity contribution in [2.24, 2.45) is 11.7 Å². The van der Waals surface area contributed by atoms with Crippen molar-refractivity contribution >= 4 is 30.7 Å². The molecule has 6 heteroatoms. The summed E-state index contributed by atoms with van der Waals surface area (Å²) in [6, 6.07) is 0. The number of piperidine rings is 1. The van der Waals surface area contributed by atoms with Crippen molar-refractivity contribution in [3.63, 3.8) is 0 Å². The average molecular weight is 286 g/mol. The third-order valence-electron chi connectivity index (χ3n) is 3.21. The maximum atomic E-state index is 10.9. The zero-order valence-electron chi connectivity index (χ0n) is 10.5. The van der Waals surface area contributed by atoms with E-state index in [1.165, 1.54) is 25.9 Å². The van der Waals surface area contributed by atoms with E-state index < -0.39 is 0 Å². The Bertz CT molecular complexity index is 197. The molecule has 0 atom stereocenters. The van der Waals surface area contributed by atoms with Crippen LogP contribution in [0, 0.1) is 5.92 Å². The van der Waals surface area contributed by atoms with Gasteiger partial charge in [0.05, 0.1) is 6.54 Å². The zero-order chi connectivity index (χ0) is 11.1. The standard InChI is InChI=1S/C11H23N3O.2ClH/c1-2-14-7-4-10(5-8-14)3-6-13-11(15)9-12;;/h10H,2-9,12H2,1H3,(H,13,15);2*1H. The van der Waals surface area contributed by atoms with E-state index in [0.717, 1.165) is 25.4 Å². The van der Waals surface area contributed by atoms with E-state index in [4.69, 9.17) is 5.73 Å². The molecule has 1 amide bonds. The fourth-order valence-corrected chi connectivity index (χ4v) is 2.08. The molecule has 0 aliphatic carbocycles. The van der Waals surface area contributed by atoms with Gasteiger partial charge in [0.15, 0.2) is 0 Å². The monoisotopic (exact) mass is 285 g/mol. The first-order valence-corrected chi connectivity index (χ1v) is 5.95. The number of halogens is 2. The van der Waals surface area contributed by atoms with Crippen molar-refractivity contribution in [2.45, 2.75) is 26.2 Å². The van der Waals surface area contributed by atoms with Gasteiger partial charge in [-0.1, -0.05) is 6.92 Å². The summed E-state index contributed by atoms with van der Waals surface area (Å²) in [5.41, 5.74) is 5.21. The van der Waals surface area contributed by atoms with Gasteiger partial charge in [-0.25, -0.2) is 0 Å². The van der Waals surface area contributed by atoms with Gasteiger partial charge in [0, 0.05) is 6.54 Å². The molecule has 1 aliphatic rings. The first-order chi connectivity index (χ1) is 7.26. The molecule has 0 bridgehead atoms. The number of hydrogen-bond acceptors (Lipinski definition) is 3. The van der Waals surface area contributed by atoms with Crippen LogP contribution in [0.15, 0.2) is 0 Å². The zero-order valence-corrected chi connectivity index (χ0v) is 12.1. The Morgan fingerprint density at radius 2 is 1.94 bits per heavy atom. The Hall–Kier alpha value is -0.0300. The van der Waals surface area contributed by atoms with Crippen molar-refractivity contribution in [1.82, 2.24) is 10.2 Å². The summed E-state index contributed by atoms with van der Waals surface area (Å²) in [5.74, 6) is 0.742. The van der Waals surface area contributed by atoms with Crippen LogP contribution in [0.4, 0.5) is 0 Å². The van der Waals surface area contributed by atoms with Crippen molar-refractivity contribution in [3.05, 3.63) is 0 Å². The van der Waals surface area contributed by atoms with Gasteiger partial charge in [0.25, 0.3) is 0 Å². The Labute approximate surface area is 117 Å². The average Bonchev–Trinajstić information content (AvgIpc) is 2.29. The molecular weight excluding hydrogens is 261 g/mol. The van der Waals surface area contributed by atoms with Crippen molar-refractivity contribution in [3.8, 4) is 0 Å². The molecule has 1 saturated heterocycles. The fourth-order valence-electron chi connectivity index (χ4n) is 2.08. The van der Waals surface area contributed by atoms with Gasteiger partial charge in [-0.3, -0.25) is 4.79 Å². The van der Waals surface area contributed by atoms with Gasteiger partial charge < -0.3 is 16.0 Å². The Morgan fingerprint density at radius 1 is 1.35 bits per heavy atom. The van der Waals surface area contributed by atoms with Crippen LogP contribution in [0.2, 0.25) is 0 Å². The van der Waals surface area contributed by atoms with Crippen LogP contribution >= 0.6 is 24.8 Å². The molecule has 0 unspecified atom stereocenters. The first-order valence-electron chi connectivity index (χ1n) is 5.95. The van der Waals surface area contributed by atoms with E-state index in [1.807, 2.05) is 0 Å². The smallest absolute Gasteiger partial charge is 0.233 e. The molecule has 0 radical (unpaired) electrons. The molecule has 0 spiro atoms. The maximum Gasteiger partial charge on any atom is 0.233 e. The molecule has 0 saturated carbocycles. The quantitative estimate of drug-likeness (QED) is 0.793. The topological polar surface area (TPSA) is 58.4 Å². The first kappa shape index (κ1) is 19.3. The second kappa shape index (κ2) is 11.1. The van der Waals surface area contributed by atoms with Gasteiger partial charge >= 0.3 is 0 Å². The highest BCUT2D eigenvalue weighted by Gasteiger charge is 2.17. The molecule has 0 aromatic carbocycles. The number of hydrogen-bond donors (Lipinski definition) is 2. The Kier molecular flexibility index (Phi) is 12.6. The van der Waals surface area contributed by atoms with Gasteiger partial charge in [0.2, 0.25) is 5.91 Å². The normalized spacial score (nSPS) is 16.8. The summed E-state index contributed by atoms with van der Waals surface area (Å²) >= 11 is 0. The van der Waals surface area contributed by atoms with E-state index in [2.05, 4.69) is 17.1 Å². The van der Waals surface area contributed by atoms with E-state index in [1.54, 1.807) is 0 Å². The number of nitrogens with one attached hydrogen (secondary N) is 1. The summed E-state index contributed by atoms with van der Waals surface area (Å²) in [5, 5.41) is 2.83. The van der Waals surface area contributed by atoms with Gasteiger partial charge in [-0.2, -0.15) is 0 Å². The number of amides is 1. The minimum Gasteiger partial charge on any atom is -0.355 e. The number of rotatable bonds is 5. The molecule has 0 aromatic rings. The highest BCUT2D eigenvalue weighted by molar-refractivity contribution is 5.85. The van der Waals surface area contributed by atoms with Crippen LogP contribution in [0.25, 0.3) is 0 Å². The number of nitrogens with zero attached hydrogens (tertiary/aromatic N) is 1. The minimum absolute atomic E-state index is 0. The molecule has 4 nitrogen and oxygen atoms in total. The lowest BCUT2D eigenvalue weighted by atomic mass is 9.93. The van der Waals surface area contributed by atoms with Crippen LogP contribution in [-0.2, 0) is 4.79 Å². The number of carbonyl (C=O) groups excluding carboxylic acids is 1. The SMILES string of the molecule is CCN1CCC(CCNC(=O)CN)CC1.Cl.Cl. The van der Waals surface area contributed by atoms with Crippen LogP contribution in [0.1, 0.15) is 26.2 Å². The molecule has 1 aliphatic heterocycles. The highest BCUT2D eigenvalue weighted by atomic mass is 35.5. The second-order valence-corrected chi connectivity index (χ2v) is 4.22. The molecule has 1 heterocycles. The predicted molar refractivity (Wildman–Crippen MR) is 76.0 cm³/mol.